The average Bonchev–Trinajstić information content (AvgIpc) is 3.24. The van der Waals surface area contributed by atoms with E-state index in [0.29, 0.717) is 17.7 Å². The van der Waals surface area contributed by atoms with Crippen molar-refractivity contribution < 1.29 is 10.0 Å². The van der Waals surface area contributed by atoms with Crippen molar-refractivity contribution in [3.8, 4) is 6.07 Å². The van der Waals surface area contributed by atoms with Gasteiger partial charge in [-0.3, -0.25) is 10.1 Å². The molecule has 0 atom stereocenters. The lowest BCUT2D eigenvalue weighted by molar-refractivity contribution is -0.384. The number of likely N-dealkylation sites (N-methyl/N-ethyl adjacent to an activating group) is 1. The molecule has 1 N–H and O–H groups in total. The number of rotatable bonds is 8. The molecule has 2 aromatic carbocycles. The van der Waals surface area contributed by atoms with Crippen molar-refractivity contribution in [2.24, 2.45) is 0 Å². The van der Waals surface area contributed by atoms with Crippen LogP contribution >= 0.6 is 11.3 Å². The van der Waals surface area contributed by atoms with E-state index in [1.54, 1.807) is 29.5 Å². The van der Waals surface area contributed by atoms with Crippen LogP contribution in [0.4, 0.5) is 11.4 Å². The number of nitrogens with zero attached hydrogens (tertiary/aromatic N) is 3. The highest BCUT2D eigenvalue weighted by molar-refractivity contribution is 7.13. The van der Waals surface area contributed by atoms with Gasteiger partial charge in [-0.25, -0.2) is 0 Å². The summed E-state index contributed by atoms with van der Waals surface area (Å²) in [5, 5.41) is 29.3. The molecule has 0 radical (unpaired) electrons. The molecule has 31 heavy (non-hydrogen) atoms. The average molecular weight is 432 g/mol. The summed E-state index contributed by atoms with van der Waals surface area (Å²) in [5.41, 5.74) is 3.21. The maximum Gasteiger partial charge on any atom is 0.269 e. The third kappa shape index (κ3) is 5.89. The van der Waals surface area contributed by atoms with Crippen molar-refractivity contribution in [2.45, 2.75) is 0 Å². The van der Waals surface area contributed by atoms with Gasteiger partial charge in [-0.1, -0.05) is 18.2 Å². The van der Waals surface area contributed by atoms with Gasteiger partial charge < -0.3 is 10.0 Å². The zero-order chi connectivity index (χ0) is 22.2. The van der Waals surface area contributed by atoms with E-state index in [-0.39, 0.29) is 12.3 Å². The first kappa shape index (κ1) is 22.0. The first-order chi connectivity index (χ1) is 15.0. The molecule has 156 valence electrons. The number of thiophene rings is 1. The summed E-state index contributed by atoms with van der Waals surface area (Å²) >= 11 is 1.55. The van der Waals surface area contributed by atoms with Gasteiger partial charge in [0.05, 0.1) is 23.2 Å². The Hall–Kier alpha value is -3.73. The van der Waals surface area contributed by atoms with E-state index in [1.165, 1.54) is 12.1 Å². The van der Waals surface area contributed by atoms with Gasteiger partial charge in [0.15, 0.2) is 0 Å². The summed E-state index contributed by atoms with van der Waals surface area (Å²) in [6, 6.07) is 20.1. The minimum atomic E-state index is -0.460. The Labute approximate surface area is 184 Å². The van der Waals surface area contributed by atoms with Gasteiger partial charge in [-0.05, 0) is 59.7 Å². The van der Waals surface area contributed by atoms with Crippen molar-refractivity contribution in [3.63, 3.8) is 0 Å². The molecule has 3 aromatic rings. The third-order valence-electron chi connectivity index (χ3n) is 4.65. The Balaban J connectivity index is 1.71. The molecule has 0 fully saturated rings. The fourth-order valence-electron chi connectivity index (χ4n) is 2.92. The highest BCUT2D eigenvalue weighted by atomic mass is 32.1. The second kappa shape index (κ2) is 10.3. The van der Waals surface area contributed by atoms with Crippen LogP contribution in [-0.2, 0) is 0 Å². The van der Waals surface area contributed by atoms with Gasteiger partial charge in [0.1, 0.15) is 0 Å². The summed E-state index contributed by atoms with van der Waals surface area (Å²) < 4.78 is 0. The van der Waals surface area contributed by atoms with E-state index in [2.05, 4.69) is 6.07 Å². The third-order valence-corrected chi connectivity index (χ3v) is 5.65. The summed E-state index contributed by atoms with van der Waals surface area (Å²) in [6.45, 7) is 0.705. The zero-order valence-corrected chi connectivity index (χ0v) is 17.7. The molecule has 0 aliphatic rings. The van der Waals surface area contributed by atoms with Gasteiger partial charge in [-0.15, -0.1) is 11.3 Å². The molecule has 0 aliphatic heterocycles. The first-order valence-electron chi connectivity index (χ1n) is 9.57. The summed E-state index contributed by atoms with van der Waals surface area (Å²) in [7, 11) is 1.94. The van der Waals surface area contributed by atoms with Crippen molar-refractivity contribution in [1.82, 2.24) is 0 Å². The number of hydrogen-bond donors (Lipinski definition) is 1. The Kier molecular flexibility index (Phi) is 7.33. The fourth-order valence-corrected chi connectivity index (χ4v) is 3.78. The van der Waals surface area contributed by atoms with E-state index >= 15 is 0 Å². The number of hydrogen-bond acceptors (Lipinski definition) is 6. The van der Waals surface area contributed by atoms with Crippen LogP contribution in [0.25, 0.3) is 23.8 Å². The van der Waals surface area contributed by atoms with Crippen LogP contribution in [-0.4, -0.2) is 30.2 Å². The van der Waals surface area contributed by atoms with E-state index in [9.17, 15) is 15.4 Å². The van der Waals surface area contributed by atoms with Crippen LogP contribution in [0.3, 0.4) is 0 Å². The summed E-state index contributed by atoms with van der Waals surface area (Å²) in [6.07, 6.45) is 5.83. The second-order valence-corrected chi connectivity index (χ2v) is 7.93. The van der Waals surface area contributed by atoms with Crippen LogP contribution in [0.2, 0.25) is 0 Å². The standard InChI is InChI=1S/C24H21N3O3S/c1-26(14-15-28)21-7-2-18(3-8-21)4-11-23-12-13-24(31-23)16-20(17-25)19-5-9-22(10-6-19)27(29)30/h2-13,16,28H,14-15H2,1H3/b11-4+,20-16+. The van der Waals surface area contributed by atoms with Crippen LogP contribution in [0.5, 0.6) is 0 Å². The Bertz CT molecular complexity index is 1140. The van der Waals surface area contributed by atoms with Crippen LogP contribution in [0, 0.1) is 21.4 Å². The maximum absolute atomic E-state index is 10.8. The topological polar surface area (TPSA) is 90.4 Å². The molecule has 0 unspecified atom stereocenters. The van der Waals surface area contributed by atoms with Gasteiger partial charge in [0, 0.05) is 41.2 Å². The second-order valence-electron chi connectivity index (χ2n) is 6.78. The number of nitro benzene ring substituents is 1. The minimum Gasteiger partial charge on any atom is -0.395 e. The van der Waals surface area contributed by atoms with Crippen LogP contribution in [0.15, 0.2) is 60.7 Å². The molecule has 1 heterocycles. The van der Waals surface area contributed by atoms with Crippen molar-refractivity contribution in [1.29, 1.82) is 5.26 Å². The maximum atomic E-state index is 10.8. The molecule has 0 saturated heterocycles. The number of allylic oxidation sites excluding steroid dienone is 1. The lowest BCUT2D eigenvalue weighted by Crippen LogP contribution is -2.20. The molecule has 0 amide bonds. The highest BCUT2D eigenvalue weighted by Gasteiger charge is 2.07. The van der Waals surface area contributed by atoms with Gasteiger partial charge in [-0.2, -0.15) is 5.26 Å². The number of benzene rings is 2. The predicted octanol–water partition coefficient (Wildman–Crippen LogP) is 5.32. The van der Waals surface area contributed by atoms with Crippen LogP contribution < -0.4 is 4.90 Å². The van der Waals surface area contributed by atoms with Gasteiger partial charge in [0.2, 0.25) is 0 Å². The van der Waals surface area contributed by atoms with Gasteiger partial charge >= 0.3 is 0 Å². The van der Waals surface area contributed by atoms with Gasteiger partial charge in [0.25, 0.3) is 5.69 Å². The SMILES string of the molecule is CN(CCO)c1ccc(/C=C/c2ccc(/C=C(\C#N)c3ccc([N+](=O)[O-])cc3)s2)cc1. The van der Waals surface area contributed by atoms with E-state index in [1.807, 2.05) is 60.5 Å². The Morgan fingerprint density at radius 1 is 1.10 bits per heavy atom. The normalized spacial score (nSPS) is 11.5. The Morgan fingerprint density at radius 2 is 1.77 bits per heavy atom. The lowest BCUT2D eigenvalue weighted by atomic mass is 10.1. The molecular weight excluding hydrogens is 410 g/mol. The largest absolute Gasteiger partial charge is 0.395 e. The minimum absolute atomic E-state index is 0.00217. The molecule has 0 bridgehead atoms. The Morgan fingerprint density at radius 3 is 2.39 bits per heavy atom. The van der Waals surface area contributed by atoms with Crippen LogP contribution in [0.1, 0.15) is 20.9 Å². The number of nitriles is 1. The van der Waals surface area contributed by atoms with Crippen molar-refractivity contribution in [2.75, 3.05) is 25.1 Å². The van der Waals surface area contributed by atoms with E-state index in [4.69, 9.17) is 5.11 Å². The smallest absolute Gasteiger partial charge is 0.269 e. The molecule has 3 rings (SSSR count). The number of aliphatic hydroxyl groups is 1. The fraction of sp³-hybridized carbons (Fsp3) is 0.125. The first-order valence-corrected chi connectivity index (χ1v) is 10.4. The number of aliphatic hydroxyl groups excluding tert-OH is 1. The molecular formula is C24H21N3O3S. The van der Waals surface area contributed by atoms with E-state index < -0.39 is 4.92 Å². The molecule has 0 saturated carbocycles. The number of nitro groups is 1. The molecule has 7 heteroatoms. The number of anilines is 1. The van der Waals surface area contributed by atoms with E-state index in [0.717, 1.165) is 21.0 Å². The van der Waals surface area contributed by atoms with Crippen molar-refractivity contribution in [3.05, 3.63) is 91.7 Å². The highest BCUT2D eigenvalue weighted by Crippen LogP contribution is 2.26. The quantitative estimate of drug-likeness (QED) is 0.296. The predicted molar refractivity (Wildman–Crippen MR) is 127 cm³/mol. The summed E-state index contributed by atoms with van der Waals surface area (Å²) in [4.78, 5) is 14.3. The zero-order valence-electron chi connectivity index (χ0n) is 16.9. The molecule has 6 nitrogen and oxygen atoms in total. The van der Waals surface area contributed by atoms with Crippen molar-refractivity contribution >= 4 is 46.5 Å². The summed E-state index contributed by atoms with van der Waals surface area (Å²) in [5.74, 6) is 0. The number of non-ortho nitro benzene ring substituents is 1. The monoisotopic (exact) mass is 431 g/mol. The molecule has 0 spiro atoms. The molecule has 1 aromatic heterocycles. The lowest BCUT2D eigenvalue weighted by Gasteiger charge is -2.17. The molecule has 0 aliphatic carbocycles.